The molecule has 0 aromatic heterocycles. The lowest BCUT2D eigenvalue weighted by atomic mass is 9.78. The van der Waals surface area contributed by atoms with Gasteiger partial charge < -0.3 is 0 Å². The van der Waals surface area contributed by atoms with Gasteiger partial charge in [-0.15, -0.1) is 0 Å². The summed E-state index contributed by atoms with van der Waals surface area (Å²) in [4.78, 5) is 0. The normalized spacial score (nSPS) is 21.0. The molecule has 1 aliphatic rings. The van der Waals surface area contributed by atoms with Crippen LogP contribution in [0.4, 0.5) is 0 Å². The number of unbranched alkanes of at least 4 members (excludes halogenated alkanes) is 1. The predicted octanol–water partition coefficient (Wildman–Crippen LogP) is 6.63. The smallest absolute Gasteiger partial charge is 0.0908 e. The van der Waals surface area contributed by atoms with E-state index in [4.69, 9.17) is 5.26 Å². The first-order valence-corrected chi connectivity index (χ1v) is 9.94. The van der Waals surface area contributed by atoms with E-state index < -0.39 is 0 Å². The molecule has 1 aliphatic carbocycles. The van der Waals surface area contributed by atoms with Gasteiger partial charge in [0, 0.05) is 6.08 Å². The van der Waals surface area contributed by atoms with E-state index in [1.165, 1.54) is 75.3 Å². The lowest BCUT2D eigenvalue weighted by Gasteiger charge is -2.28. The summed E-state index contributed by atoms with van der Waals surface area (Å²) in [5.41, 5.74) is 3.01. The molecule has 130 valence electrons. The van der Waals surface area contributed by atoms with Crippen molar-refractivity contribution in [2.45, 2.75) is 77.6 Å². The molecular weight excluding hydrogens is 290 g/mol. The van der Waals surface area contributed by atoms with Crippen molar-refractivity contribution in [3.8, 4) is 6.07 Å². The molecular formula is C23H33N. The van der Waals surface area contributed by atoms with Crippen molar-refractivity contribution in [3.05, 3.63) is 47.5 Å². The first-order valence-electron chi connectivity index (χ1n) is 9.94. The third kappa shape index (κ3) is 6.91. The van der Waals surface area contributed by atoms with Crippen LogP contribution in [0.1, 0.15) is 75.8 Å². The van der Waals surface area contributed by atoms with Crippen LogP contribution in [-0.2, 0) is 12.8 Å². The van der Waals surface area contributed by atoms with Crippen molar-refractivity contribution < 1.29 is 0 Å². The molecule has 0 spiro atoms. The number of hydrogen-bond acceptors (Lipinski definition) is 1. The summed E-state index contributed by atoms with van der Waals surface area (Å²) in [6.07, 6.45) is 18.0. The van der Waals surface area contributed by atoms with Crippen molar-refractivity contribution in [2.24, 2.45) is 11.8 Å². The van der Waals surface area contributed by atoms with E-state index in [9.17, 15) is 0 Å². The van der Waals surface area contributed by atoms with Crippen LogP contribution in [0, 0.1) is 23.2 Å². The van der Waals surface area contributed by atoms with Gasteiger partial charge in [0.15, 0.2) is 0 Å². The Morgan fingerprint density at radius 3 is 2.12 bits per heavy atom. The fourth-order valence-corrected chi connectivity index (χ4v) is 3.90. The van der Waals surface area contributed by atoms with Crippen LogP contribution in [0.25, 0.3) is 0 Å². The van der Waals surface area contributed by atoms with Gasteiger partial charge in [0.1, 0.15) is 0 Å². The summed E-state index contributed by atoms with van der Waals surface area (Å²) in [5.74, 6) is 1.82. The maximum atomic E-state index is 8.51. The number of rotatable bonds is 9. The SMILES string of the molecule is CCCCc1ccc(CC[C@H]2CC[C@H](CCC=CC#N)CC2)cc1. The topological polar surface area (TPSA) is 23.8 Å². The molecule has 1 heteroatoms. The maximum absolute atomic E-state index is 8.51. The summed E-state index contributed by atoms with van der Waals surface area (Å²) in [5, 5.41) is 8.51. The minimum Gasteiger partial charge on any atom is -0.193 e. The predicted molar refractivity (Wildman–Crippen MR) is 103 cm³/mol. The van der Waals surface area contributed by atoms with Gasteiger partial charge in [0.2, 0.25) is 0 Å². The quantitative estimate of drug-likeness (QED) is 0.468. The highest BCUT2D eigenvalue weighted by Crippen LogP contribution is 2.34. The molecule has 1 fully saturated rings. The van der Waals surface area contributed by atoms with Gasteiger partial charge in [0.05, 0.1) is 6.07 Å². The Bertz CT molecular complexity index is 512. The molecule has 0 atom stereocenters. The largest absolute Gasteiger partial charge is 0.193 e. The molecule has 1 nitrogen and oxygen atoms in total. The van der Waals surface area contributed by atoms with Crippen LogP contribution in [0.5, 0.6) is 0 Å². The van der Waals surface area contributed by atoms with E-state index in [0.29, 0.717) is 0 Å². The monoisotopic (exact) mass is 323 g/mol. The number of nitriles is 1. The second kappa shape index (κ2) is 11.1. The molecule has 0 radical (unpaired) electrons. The van der Waals surface area contributed by atoms with Crippen LogP contribution in [0.15, 0.2) is 36.4 Å². The number of aryl methyl sites for hydroxylation is 2. The molecule has 0 saturated heterocycles. The van der Waals surface area contributed by atoms with E-state index in [-0.39, 0.29) is 0 Å². The molecule has 0 amide bonds. The minimum absolute atomic E-state index is 0.891. The summed E-state index contributed by atoms with van der Waals surface area (Å²) in [6, 6.07) is 11.4. The summed E-state index contributed by atoms with van der Waals surface area (Å²) in [6.45, 7) is 2.26. The Morgan fingerprint density at radius 2 is 1.54 bits per heavy atom. The van der Waals surface area contributed by atoms with E-state index in [1.807, 2.05) is 6.08 Å². The Hall–Kier alpha value is -1.55. The van der Waals surface area contributed by atoms with Crippen LogP contribution >= 0.6 is 0 Å². The highest BCUT2D eigenvalue weighted by atomic mass is 14.3. The molecule has 0 unspecified atom stereocenters. The minimum atomic E-state index is 0.891. The first kappa shape index (κ1) is 18.8. The Kier molecular flexibility index (Phi) is 8.67. The Labute approximate surface area is 148 Å². The molecule has 2 rings (SSSR count). The zero-order chi connectivity index (χ0) is 17.0. The van der Waals surface area contributed by atoms with Gasteiger partial charge >= 0.3 is 0 Å². The average molecular weight is 324 g/mol. The van der Waals surface area contributed by atoms with E-state index in [2.05, 4.69) is 37.3 Å². The molecule has 0 heterocycles. The van der Waals surface area contributed by atoms with Gasteiger partial charge in [0.25, 0.3) is 0 Å². The molecule has 0 aliphatic heterocycles. The molecule has 1 saturated carbocycles. The number of nitrogens with zero attached hydrogens (tertiary/aromatic N) is 1. The average Bonchev–Trinajstić information content (AvgIpc) is 2.64. The Morgan fingerprint density at radius 1 is 0.958 bits per heavy atom. The van der Waals surface area contributed by atoms with Crippen LogP contribution < -0.4 is 0 Å². The standard InChI is InChI=1S/C23H33N/c1-2-3-7-20-9-13-22(14-10-20)17-18-23-15-11-21(12-16-23)8-5-4-6-19-24/h4,6,9-10,13-14,21,23H,2-3,5,7-8,11-12,15-18H2,1H3/t21-,23-. The zero-order valence-electron chi connectivity index (χ0n) is 15.3. The third-order valence-electron chi connectivity index (χ3n) is 5.58. The summed E-state index contributed by atoms with van der Waals surface area (Å²) < 4.78 is 0. The van der Waals surface area contributed by atoms with Gasteiger partial charge in [-0.05, 0) is 61.5 Å². The van der Waals surface area contributed by atoms with Crippen molar-refractivity contribution in [1.29, 1.82) is 5.26 Å². The van der Waals surface area contributed by atoms with Gasteiger partial charge in [-0.3, -0.25) is 0 Å². The fourth-order valence-electron chi connectivity index (χ4n) is 3.90. The lowest BCUT2D eigenvalue weighted by Crippen LogP contribution is -2.15. The zero-order valence-corrected chi connectivity index (χ0v) is 15.3. The number of allylic oxidation sites excluding steroid dienone is 2. The van der Waals surface area contributed by atoms with Crippen molar-refractivity contribution in [2.75, 3.05) is 0 Å². The van der Waals surface area contributed by atoms with E-state index in [0.717, 1.165) is 18.3 Å². The second-order valence-corrected chi connectivity index (χ2v) is 7.45. The van der Waals surface area contributed by atoms with Gasteiger partial charge in [-0.2, -0.15) is 5.26 Å². The third-order valence-corrected chi connectivity index (χ3v) is 5.58. The van der Waals surface area contributed by atoms with Crippen molar-refractivity contribution >= 4 is 0 Å². The molecule has 1 aromatic carbocycles. The molecule has 0 bridgehead atoms. The first-order chi connectivity index (χ1) is 11.8. The van der Waals surface area contributed by atoms with Crippen molar-refractivity contribution in [3.63, 3.8) is 0 Å². The van der Waals surface area contributed by atoms with E-state index in [1.54, 1.807) is 6.08 Å². The Balaban J connectivity index is 1.63. The maximum Gasteiger partial charge on any atom is 0.0908 e. The second-order valence-electron chi connectivity index (χ2n) is 7.45. The van der Waals surface area contributed by atoms with Crippen LogP contribution in [0.2, 0.25) is 0 Å². The number of hydrogen-bond donors (Lipinski definition) is 0. The highest BCUT2D eigenvalue weighted by molar-refractivity contribution is 5.22. The molecule has 0 N–H and O–H groups in total. The van der Waals surface area contributed by atoms with Crippen LogP contribution in [-0.4, -0.2) is 0 Å². The van der Waals surface area contributed by atoms with Gasteiger partial charge in [-0.1, -0.05) is 69.4 Å². The van der Waals surface area contributed by atoms with Gasteiger partial charge in [-0.25, -0.2) is 0 Å². The molecule has 24 heavy (non-hydrogen) atoms. The summed E-state index contributed by atoms with van der Waals surface area (Å²) >= 11 is 0. The van der Waals surface area contributed by atoms with Crippen LogP contribution in [0.3, 0.4) is 0 Å². The fraction of sp³-hybridized carbons (Fsp3) is 0.609. The number of benzene rings is 1. The lowest BCUT2D eigenvalue weighted by molar-refractivity contribution is 0.254. The van der Waals surface area contributed by atoms with Crippen molar-refractivity contribution in [1.82, 2.24) is 0 Å². The summed E-state index contributed by atoms with van der Waals surface area (Å²) in [7, 11) is 0. The molecule has 1 aromatic rings. The van der Waals surface area contributed by atoms with E-state index >= 15 is 0 Å². The highest BCUT2D eigenvalue weighted by Gasteiger charge is 2.20.